The van der Waals surface area contributed by atoms with Gasteiger partial charge in [0.25, 0.3) is 5.78 Å². The number of Topliss-reactive ketones (excluding diaryl/α,β-unsaturated/α-hetero) is 1. The zero-order valence-electron chi connectivity index (χ0n) is 56.0. The fourth-order valence-electron chi connectivity index (χ4n) is 11.1. The van der Waals surface area contributed by atoms with Gasteiger partial charge in [0.05, 0.1) is 56.2 Å². The highest BCUT2D eigenvalue weighted by Gasteiger charge is 2.32. The first-order valence-corrected chi connectivity index (χ1v) is 36.7. The lowest BCUT2D eigenvalue weighted by Crippen LogP contribution is -2.45. The highest BCUT2D eigenvalue weighted by Crippen LogP contribution is 2.42. The normalized spacial score (nSPS) is 15.7. The molecule has 3 aliphatic carbocycles. The average molecular weight is 1490 g/mol. The Morgan fingerprint density at radius 1 is 0.610 bits per heavy atom. The van der Waals surface area contributed by atoms with Crippen LogP contribution >= 0.6 is 34.3 Å². The standard InChI is InChI=1S/C18H23N7.C18H20N6O2.C18H13N5O3S.C15H11ClN6O3S2.H2/c1-3-13-12-19-18(25-8-4-7-24(2)9-10-25)21-17(13)20-16-11-15(22-23-16)14-5-6-14;1-2-11-10-19-18(24-8-4-3-5-14(24)17(25)26)21-16(11)20-15-9-13(22-23-15)12-6-7-12;1-2-9-8-19-17(13-6-5-12(27-13)15(24)18(25)26)21-16(9)20-14-7-11(22-23-14)10-3-4-10;16-8-7-18-15(11-3-4-13(26-11)27(17,23)24)20-14(8)19-12-6-9(21-22-12)10-2-1-5-25-10;/h1,11-12,14H,4-10H2,2H3,(H2,19,20,21,22,23);1,9-10,12,14H,3-8H2,(H,25,26)(H2,19,20,21,22,23);1,5-8,10H,3-4H2,(H,25,26)(H2,19,20,21,22,23);1-7H,(H2,17,23,24)(H2,18,19,20,21,22);1H. The highest BCUT2D eigenvalue weighted by molar-refractivity contribution is 7.91. The number of carbonyl (C=O) groups excluding carboxylic acids is 1. The van der Waals surface area contributed by atoms with E-state index in [0.717, 1.165) is 104 Å². The third-order valence-electron chi connectivity index (χ3n) is 17.1. The number of halogens is 1. The molecule has 538 valence electrons. The molecule has 0 bridgehead atoms. The van der Waals surface area contributed by atoms with E-state index in [2.05, 4.69) is 137 Å². The van der Waals surface area contributed by atoms with E-state index >= 15 is 0 Å². The lowest BCUT2D eigenvalue weighted by molar-refractivity contribution is -0.139. The number of carboxylic acids is 2. The largest absolute Gasteiger partial charge is 0.480 e. The molecule has 13 heterocycles. The van der Waals surface area contributed by atoms with Gasteiger partial charge in [-0.05, 0) is 114 Å². The quantitative estimate of drug-likeness (QED) is 0.0192. The molecule has 1 atom stereocenters. The van der Waals surface area contributed by atoms with Crippen molar-refractivity contribution in [2.75, 3.05) is 70.8 Å². The minimum atomic E-state index is -3.78. The molecule has 12 N–H and O–H groups in total. The molecule has 0 aromatic carbocycles. The Morgan fingerprint density at radius 3 is 1.69 bits per heavy atom. The Bertz CT molecular complexity index is 5240. The van der Waals surface area contributed by atoms with Crippen molar-refractivity contribution in [3.8, 4) is 69.9 Å². The van der Waals surface area contributed by atoms with E-state index in [0.29, 0.717) is 127 Å². The maximum Gasteiger partial charge on any atom is 0.378 e. The zero-order valence-corrected chi connectivity index (χ0v) is 59.2. The van der Waals surface area contributed by atoms with E-state index in [1.165, 1.54) is 55.9 Å². The molecular weight excluding hydrogens is 1420 g/mol. The van der Waals surface area contributed by atoms with Gasteiger partial charge in [0, 0.05) is 92.9 Å². The van der Waals surface area contributed by atoms with Crippen LogP contribution in [0.3, 0.4) is 0 Å². The van der Waals surface area contributed by atoms with E-state index in [9.17, 15) is 27.9 Å². The SMILES string of the molecule is C#Cc1cnc(-c2ccc(C(=O)C(=O)O)s2)nc1Nc1cc(C2CC2)[nH]n1.C#Cc1cnc(N2CCCCC2C(=O)O)nc1Nc1cc(C2CC2)[nH]n1.C#Cc1cnc(N2CCCN(C)CC2)nc1Nc1cc(C2CC2)[nH]n1.NS(=O)(=O)c1ccc(-c2ncc(Cl)c(Nc3cc(-c4ccco4)[nH]n3)n2)s1.[HH]. The van der Waals surface area contributed by atoms with Crippen LogP contribution in [-0.4, -0.2) is 168 Å². The van der Waals surface area contributed by atoms with Crippen molar-refractivity contribution >= 4 is 120 Å². The third-order valence-corrected chi connectivity index (χ3v) is 21.0. The van der Waals surface area contributed by atoms with Crippen LogP contribution in [0.15, 0.2) is 100 Å². The monoisotopic (exact) mass is 1490 g/mol. The Hall–Kier alpha value is -11.9. The molecule has 11 aromatic heterocycles. The Labute approximate surface area is 614 Å². The molecule has 5 fully saturated rings. The summed E-state index contributed by atoms with van der Waals surface area (Å²) in [4.78, 5) is 76.5. The summed E-state index contributed by atoms with van der Waals surface area (Å²) in [6.45, 7) is 4.58. The summed E-state index contributed by atoms with van der Waals surface area (Å²) in [6.07, 6.45) is 35.1. The number of ketones is 1. The van der Waals surface area contributed by atoms with Crippen molar-refractivity contribution < 1.29 is 38.9 Å². The number of furan rings is 1. The van der Waals surface area contributed by atoms with Gasteiger partial charge in [0.15, 0.2) is 64.0 Å². The number of nitrogens with two attached hydrogens (primary N) is 1. The number of nitrogens with one attached hydrogen (secondary N) is 8. The van der Waals surface area contributed by atoms with Crippen molar-refractivity contribution in [1.29, 1.82) is 0 Å². The number of terminal acetylenes is 3. The van der Waals surface area contributed by atoms with Crippen molar-refractivity contribution in [1.82, 2.24) is 85.6 Å². The van der Waals surface area contributed by atoms with Gasteiger partial charge in [-0.2, -0.15) is 30.4 Å². The van der Waals surface area contributed by atoms with E-state index in [-0.39, 0.29) is 15.5 Å². The molecule has 11 aromatic rings. The molecule has 16 rings (SSSR count). The van der Waals surface area contributed by atoms with Crippen LogP contribution in [0.1, 0.15) is 127 Å². The van der Waals surface area contributed by atoms with Crippen LogP contribution in [0, 0.1) is 37.0 Å². The number of sulfonamides is 1. The number of aromatic amines is 4. The van der Waals surface area contributed by atoms with Crippen LogP contribution < -0.4 is 36.2 Å². The van der Waals surface area contributed by atoms with E-state index in [1.54, 1.807) is 53.9 Å². The predicted molar refractivity (Wildman–Crippen MR) is 397 cm³/mol. The fourth-order valence-corrected chi connectivity index (χ4v) is 13.8. The van der Waals surface area contributed by atoms with Crippen LogP contribution in [0.5, 0.6) is 0 Å². The summed E-state index contributed by atoms with van der Waals surface area (Å²) in [5, 5.41) is 65.1. The van der Waals surface area contributed by atoms with Crippen LogP contribution in [0.4, 0.5) is 58.4 Å². The van der Waals surface area contributed by atoms with Gasteiger partial charge in [-0.3, -0.25) is 25.2 Å². The Balaban J connectivity index is 0.000000132. The van der Waals surface area contributed by atoms with Crippen LogP contribution in [0.2, 0.25) is 5.02 Å². The molecule has 1 unspecified atom stereocenters. The first-order valence-electron chi connectivity index (χ1n) is 33.1. The summed E-state index contributed by atoms with van der Waals surface area (Å²) < 4.78 is 28.2. The number of nitrogens with zero attached hydrogens (tertiary/aromatic N) is 15. The van der Waals surface area contributed by atoms with Gasteiger partial charge in [-0.25, -0.2) is 53.0 Å². The van der Waals surface area contributed by atoms with Gasteiger partial charge >= 0.3 is 11.9 Å². The number of primary sulfonamides is 1. The number of anilines is 10. The number of likely N-dealkylation sites (N-methyl/N-ethyl adjacent to an activating group) is 1. The first-order chi connectivity index (χ1) is 50.8. The lowest BCUT2D eigenvalue weighted by Gasteiger charge is -2.33. The molecule has 0 spiro atoms. The summed E-state index contributed by atoms with van der Waals surface area (Å²) >= 11 is 8.14. The molecule has 0 radical (unpaired) electrons. The van der Waals surface area contributed by atoms with Crippen molar-refractivity contribution in [3.05, 3.63) is 135 Å². The van der Waals surface area contributed by atoms with Crippen molar-refractivity contribution in [2.45, 2.75) is 92.2 Å². The third kappa shape index (κ3) is 17.9. The maximum absolute atomic E-state index is 11.6. The molecule has 2 aliphatic heterocycles. The second-order valence-electron chi connectivity index (χ2n) is 24.9. The average Bonchev–Trinajstić information content (AvgIpc) is 1.70. The van der Waals surface area contributed by atoms with Gasteiger partial charge < -0.3 is 50.6 Å². The number of piperidine rings is 1. The van der Waals surface area contributed by atoms with Crippen LogP contribution in [-0.2, 0) is 19.6 Å². The number of H-pyrrole nitrogens is 4. The second-order valence-corrected chi connectivity index (χ2v) is 29.2. The summed E-state index contributed by atoms with van der Waals surface area (Å²) in [5.74, 6) is 12.8. The van der Waals surface area contributed by atoms with E-state index in [1.807, 2.05) is 18.2 Å². The molecule has 105 heavy (non-hydrogen) atoms. The molecule has 2 saturated heterocycles. The topological polar surface area (TPSA) is 441 Å². The molecule has 0 amide bonds. The minimum absolute atomic E-state index is 0. The number of hydrogen-bond donors (Lipinski definition) is 11. The summed E-state index contributed by atoms with van der Waals surface area (Å²) in [5.41, 5.74) is 5.65. The minimum Gasteiger partial charge on any atom is -0.480 e. The Morgan fingerprint density at radius 2 is 1.13 bits per heavy atom. The highest BCUT2D eigenvalue weighted by atomic mass is 35.5. The molecule has 36 heteroatoms. The van der Waals surface area contributed by atoms with E-state index in [4.69, 9.17) is 45.5 Å². The lowest BCUT2D eigenvalue weighted by atomic mass is 10.0. The van der Waals surface area contributed by atoms with Crippen molar-refractivity contribution in [2.24, 2.45) is 5.14 Å². The van der Waals surface area contributed by atoms with Crippen LogP contribution in [0.25, 0.3) is 32.9 Å². The molecule has 3 saturated carbocycles. The number of carbonyl (C=O) groups is 3. The van der Waals surface area contributed by atoms with Crippen molar-refractivity contribution in [3.63, 3.8) is 0 Å². The number of thiophene rings is 2. The van der Waals surface area contributed by atoms with E-state index < -0.39 is 33.8 Å². The molecule has 32 nitrogen and oxygen atoms in total. The summed E-state index contributed by atoms with van der Waals surface area (Å²) in [6, 6.07) is 16.7. The molecular formula is C69H69ClN24O8S3. The van der Waals surface area contributed by atoms with Gasteiger partial charge in [0.2, 0.25) is 21.9 Å². The predicted octanol–water partition coefficient (Wildman–Crippen LogP) is 10.5. The van der Waals surface area contributed by atoms with Gasteiger partial charge in [0.1, 0.15) is 21.0 Å². The van der Waals surface area contributed by atoms with Gasteiger partial charge in [-0.1, -0.05) is 29.4 Å². The zero-order chi connectivity index (χ0) is 73.3. The Kier molecular flexibility index (Phi) is 21.6. The smallest absolute Gasteiger partial charge is 0.378 e. The first kappa shape index (κ1) is 71.5. The number of rotatable bonds is 20. The number of aromatic nitrogens is 16. The molecule has 5 aliphatic rings. The summed E-state index contributed by atoms with van der Waals surface area (Å²) in [7, 11) is -1.63. The second kappa shape index (κ2) is 31.8. The number of carboxylic acid groups (broad SMARTS) is 2. The number of aliphatic carboxylic acids is 2. The number of hydrogen-bond acceptors (Lipinski definition) is 27. The maximum atomic E-state index is 11.6. The fraction of sp³-hybridized carbons (Fsp3) is 0.290. The van der Waals surface area contributed by atoms with Gasteiger partial charge in [-0.15, -0.1) is 41.9 Å².